The lowest BCUT2D eigenvalue weighted by atomic mass is 10.2. The maximum absolute atomic E-state index is 5.99. The molecule has 0 N–H and O–H groups in total. The van der Waals surface area contributed by atoms with Crippen molar-refractivity contribution in [3.63, 3.8) is 0 Å². The molecule has 4 nitrogen and oxygen atoms in total. The first-order chi connectivity index (χ1) is 10.7. The third-order valence-corrected chi connectivity index (χ3v) is 3.47. The molecule has 0 aliphatic rings. The van der Waals surface area contributed by atoms with E-state index in [2.05, 4.69) is 4.98 Å². The molecule has 0 unspecified atom stereocenters. The molecule has 0 bridgehead atoms. The summed E-state index contributed by atoms with van der Waals surface area (Å²) in [5.41, 5.74) is 0.761. The van der Waals surface area contributed by atoms with Gasteiger partial charge >= 0.3 is 0 Å². The number of halogens is 1. The summed E-state index contributed by atoms with van der Waals surface area (Å²) in [6, 6.07) is 12.7. The van der Waals surface area contributed by atoms with Gasteiger partial charge in [0.1, 0.15) is 11.5 Å². The van der Waals surface area contributed by atoms with Crippen molar-refractivity contribution in [1.29, 1.82) is 0 Å². The first-order valence-electron chi connectivity index (χ1n) is 6.65. The summed E-state index contributed by atoms with van der Waals surface area (Å²) in [7, 11) is 3.19. The molecule has 22 heavy (non-hydrogen) atoms. The van der Waals surface area contributed by atoms with Crippen LogP contribution in [0.15, 0.2) is 48.7 Å². The fourth-order valence-corrected chi connectivity index (χ4v) is 2.37. The first-order valence-corrected chi connectivity index (χ1v) is 7.03. The second kappa shape index (κ2) is 6.12. The Labute approximate surface area is 133 Å². The molecule has 0 aliphatic heterocycles. The zero-order valence-corrected chi connectivity index (χ0v) is 12.9. The summed E-state index contributed by atoms with van der Waals surface area (Å²) < 4.78 is 16.6. The monoisotopic (exact) mass is 315 g/mol. The van der Waals surface area contributed by atoms with Crippen LogP contribution in [0.25, 0.3) is 10.9 Å². The van der Waals surface area contributed by atoms with Gasteiger partial charge in [0, 0.05) is 22.7 Å². The fraction of sp³-hybridized carbons (Fsp3) is 0.118. The first kappa shape index (κ1) is 14.5. The summed E-state index contributed by atoms with van der Waals surface area (Å²) >= 11 is 5.99. The Kier molecular flexibility index (Phi) is 4.02. The van der Waals surface area contributed by atoms with Gasteiger partial charge in [0.05, 0.1) is 19.7 Å². The van der Waals surface area contributed by atoms with E-state index >= 15 is 0 Å². The zero-order valence-electron chi connectivity index (χ0n) is 12.2. The van der Waals surface area contributed by atoms with Gasteiger partial charge in [-0.2, -0.15) is 0 Å². The van der Waals surface area contributed by atoms with Crippen LogP contribution < -0.4 is 14.2 Å². The number of hydrogen-bond acceptors (Lipinski definition) is 4. The Hall–Kier alpha value is -2.46. The highest BCUT2D eigenvalue weighted by molar-refractivity contribution is 6.30. The molecule has 0 amide bonds. The number of nitrogens with zero attached hydrogens (tertiary/aromatic N) is 1. The molecule has 2 aromatic carbocycles. The van der Waals surface area contributed by atoms with Crippen LogP contribution in [0.2, 0.25) is 5.02 Å². The second-order valence-corrected chi connectivity index (χ2v) is 5.03. The van der Waals surface area contributed by atoms with E-state index in [1.54, 1.807) is 38.6 Å². The molecule has 3 rings (SSSR count). The average molecular weight is 316 g/mol. The number of pyridine rings is 1. The molecule has 112 valence electrons. The zero-order chi connectivity index (χ0) is 15.5. The van der Waals surface area contributed by atoms with Crippen molar-refractivity contribution >= 4 is 22.5 Å². The average Bonchev–Trinajstić information content (AvgIpc) is 2.54. The van der Waals surface area contributed by atoms with Gasteiger partial charge in [-0.15, -0.1) is 0 Å². The second-order valence-electron chi connectivity index (χ2n) is 4.59. The van der Waals surface area contributed by atoms with E-state index in [4.69, 9.17) is 25.8 Å². The quantitative estimate of drug-likeness (QED) is 0.700. The van der Waals surface area contributed by atoms with Crippen molar-refractivity contribution in [3.8, 4) is 23.0 Å². The van der Waals surface area contributed by atoms with Crippen LogP contribution in [0.1, 0.15) is 0 Å². The van der Waals surface area contributed by atoms with Crippen molar-refractivity contribution in [1.82, 2.24) is 4.98 Å². The number of fused-ring (bicyclic) bond motifs is 1. The number of aromatic nitrogens is 1. The molecular weight excluding hydrogens is 302 g/mol. The van der Waals surface area contributed by atoms with Crippen molar-refractivity contribution < 1.29 is 14.2 Å². The Morgan fingerprint density at radius 3 is 2.41 bits per heavy atom. The minimum Gasteiger partial charge on any atom is -0.493 e. The van der Waals surface area contributed by atoms with Crippen LogP contribution in [0.3, 0.4) is 0 Å². The minimum absolute atomic E-state index is 0.620. The van der Waals surface area contributed by atoms with Crippen LogP contribution in [0.4, 0.5) is 0 Å². The van der Waals surface area contributed by atoms with Gasteiger partial charge in [-0.1, -0.05) is 17.7 Å². The van der Waals surface area contributed by atoms with Gasteiger partial charge in [-0.05, 0) is 30.3 Å². The van der Waals surface area contributed by atoms with Crippen molar-refractivity contribution in [3.05, 3.63) is 53.7 Å². The molecule has 0 atom stereocenters. The van der Waals surface area contributed by atoms with E-state index in [9.17, 15) is 0 Å². The predicted molar refractivity (Wildman–Crippen MR) is 86.4 cm³/mol. The minimum atomic E-state index is 0.620. The van der Waals surface area contributed by atoms with Crippen molar-refractivity contribution in [2.45, 2.75) is 0 Å². The van der Waals surface area contributed by atoms with Crippen LogP contribution in [-0.4, -0.2) is 19.2 Å². The molecule has 1 heterocycles. The van der Waals surface area contributed by atoms with Crippen LogP contribution in [0.5, 0.6) is 23.0 Å². The Balaban J connectivity index is 2.09. The largest absolute Gasteiger partial charge is 0.493 e. The maximum Gasteiger partial charge on any atom is 0.162 e. The molecule has 0 aliphatic carbocycles. The third kappa shape index (κ3) is 2.78. The Bertz CT molecular complexity index is 820. The van der Waals surface area contributed by atoms with E-state index in [1.165, 1.54) is 0 Å². The van der Waals surface area contributed by atoms with Gasteiger partial charge in [0.15, 0.2) is 11.5 Å². The van der Waals surface area contributed by atoms with Gasteiger partial charge in [-0.3, -0.25) is 4.98 Å². The highest BCUT2D eigenvalue weighted by Crippen LogP contribution is 2.37. The molecular formula is C17H14ClNO3. The van der Waals surface area contributed by atoms with E-state index in [0.717, 1.165) is 10.9 Å². The van der Waals surface area contributed by atoms with E-state index in [0.29, 0.717) is 28.0 Å². The van der Waals surface area contributed by atoms with E-state index < -0.39 is 0 Å². The molecule has 0 saturated carbocycles. The lowest BCUT2D eigenvalue weighted by Crippen LogP contribution is -1.93. The lowest BCUT2D eigenvalue weighted by molar-refractivity contribution is 0.355. The van der Waals surface area contributed by atoms with Crippen molar-refractivity contribution in [2.75, 3.05) is 14.2 Å². The third-order valence-electron chi connectivity index (χ3n) is 3.23. The molecule has 5 heteroatoms. The lowest BCUT2D eigenvalue weighted by Gasteiger charge is -2.12. The number of benzene rings is 2. The molecule has 0 radical (unpaired) electrons. The Morgan fingerprint density at radius 2 is 1.68 bits per heavy atom. The summed E-state index contributed by atoms with van der Waals surface area (Å²) in [6.45, 7) is 0. The van der Waals surface area contributed by atoms with Gasteiger partial charge in [0.2, 0.25) is 0 Å². The SMILES string of the molecule is COc1cc2nccc(Oc3cccc(Cl)c3)c2cc1OC. The van der Waals surface area contributed by atoms with E-state index in [1.807, 2.05) is 24.3 Å². The van der Waals surface area contributed by atoms with Crippen molar-refractivity contribution in [2.24, 2.45) is 0 Å². The van der Waals surface area contributed by atoms with Crippen LogP contribution in [-0.2, 0) is 0 Å². The standard InChI is InChI=1S/C17H14ClNO3/c1-20-16-9-13-14(10-17(16)21-2)19-7-6-15(13)22-12-5-3-4-11(18)8-12/h3-10H,1-2H3. The van der Waals surface area contributed by atoms with E-state index in [-0.39, 0.29) is 0 Å². The number of methoxy groups -OCH3 is 2. The van der Waals surface area contributed by atoms with Gasteiger partial charge in [-0.25, -0.2) is 0 Å². The summed E-state index contributed by atoms with van der Waals surface area (Å²) in [5, 5.41) is 1.45. The summed E-state index contributed by atoms with van der Waals surface area (Å²) in [4.78, 5) is 4.34. The smallest absolute Gasteiger partial charge is 0.162 e. The fourth-order valence-electron chi connectivity index (χ4n) is 2.19. The normalized spacial score (nSPS) is 10.5. The van der Waals surface area contributed by atoms with Gasteiger partial charge < -0.3 is 14.2 Å². The Morgan fingerprint density at radius 1 is 0.909 bits per heavy atom. The topological polar surface area (TPSA) is 40.6 Å². The molecule has 0 saturated heterocycles. The van der Waals surface area contributed by atoms with Gasteiger partial charge in [0.25, 0.3) is 0 Å². The summed E-state index contributed by atoms with van der Waals surface area (Å²) in [5.74, 6) is 2.59. The highest BCUT2D eigenvalue weighted by Gasteiger charge is 2.11. The number of ether oxygens (including phenoxy) is 3. The number of rotatable bonds is 4. The highest BCUT2D eigenvalue weighted by atomic mass is 35.5. The van der Waals surface area contributed by atoms with Crippen LogP contribution in [0, 0.1) is 0 Å². The predicted octanol–water partition coefficient (Wildman–Crippen LogP) is 4.70. The molecule has 0 fully saturated rings. The van der Waals surface area contributed by atoms with Crippen LogP contribution >= 0.6 is 11.6 Å². The molecule has 3 aromatic rings. The molecule has 0 spiro atoms. The number of hydrogen-bond donors (Lipinski definition) is 0. The summed E-state index contributed by atoms with van der Waals surface area (Å²) in [6.07, 6.45) is 1.69. The maximum atomic E-state index is 5.99. The molecule has 1 aromatic heterocycles.